The number of anilines is 1. The van der Waals surface area contributed by atoms with Crippen LogP contribution >= 0.6 is 0 Å². The van der Waals surface area contributed by atoms with Crippen LogP contribution in [0.5, 0.6) is 0 Å². The van der Waals surface area contributed by atoms with Gasteiger partial charge in [0.25, 0.3) is 0 Å². The summed E-state index contributed by atoms with van der Waals surface area (Å²) in [5, 5.41) is 0. The van der Waals surface area contributed by atoms with Crippen LogP contribution in [0.4, 0.5) is 10.1 Å². The minimum absolute atomic E-state index is 0.230. The number of likely N-dealkylation sites (N-methyl/N-ethyl adjacent to an activating group) is 1. The van der Waals surface area contributed by atoms with E-state index in [-0.39, 0.29) is 5.82 Å². The van der Waals surface area contributed by atoms with Crippen molar-refractivity contribution in [3.63, 3.8) is 0 Å². The first-order valence-corrected chi connectivity index (χ1v) is 5.09. The lowest BCUT2D eigenvalue weighted by atomic mass is 9.91. The van der Waals surface area contributed by atoms with Gasteiger partial charge in [0, 0.05) is 44.9 Å². The van der Waals surface area contributed by atoms with Crippen molar-refractivity contribution in [3.05, 3.63) is 23.8 Å². The molecule has 15 heavy (non-hydrogen) atoms. The third kappa shape index (κ3) is 1.81. The molecule has 1 aromatic rings. The monoisotopic (exact) mass is 209 g/mol. The molecule has 0 amide bonds. The van der Waals surface area contributed by atoms with Crippen LogP contribution in [0.15, 0.2) is 12.4 Å². The summed E-state index contributed by atoms with van der Waals surface area (Å²) in [4.78, 5) is 7.98. The van der Waals surface area contributed by atoms with E-state index >= 15 is 0 Å². The zero-order chi connectivity index (χ0) is 11.0. The molecule has 0 bridgehead atoms. The van der Waals surface area contributed by atoms with Crippen molar-refractivity contribution in [2.75, 3.05) is 39.1 Å². The highest BCUT2D eigenvalue weighted by molar-refractivity contribution is 5.54. The van der Waals surface area contributed by atoms with E-state index in [9.17, 15) is 4.39 Å². The topological polar surface area (TPSA) is 19.4 Å². The molecule has 1 aliphatic heterocycles. The smallest absolute Gasteiger partial charge is 0.165 e. The van der Waals surface area contributed by atoms with Crippen LogP contribution in [0.25, 0.3) is 0 Å². The maximum absolute atomic E-state index is 13.6. The van der Waals surface area contributed by atoms with Gasteiger partial charge in [-0.2, -0.15) is 0 Å². The maximum Gasteiger partial charge on any atom is 0.165 e. The molecule has 2 rings (SSSR count). The first-order valence-electron chi connectivity index (χ1n) is 5.09. The van der Waals surface area contributed by atoms with Crippen LogP contribution in [0, 0.1) is 5.82 Å². The van der Waals surface area contributed by atoms with Crippen LogP contribution in [0.3, 0.4) is 0 Å². The normalized spacial score (nSPS) is 17.6. The molecule has 1 aliphatic rings. The Morgan fingerprint density at radius 1 is 1.40 bits per heavy atom. The van der Waals surface area contributed by atoms with Crippen molar-refractivity contribution in [2.45, 2.75) is 5.92 Å². The summed E-state index contributed by atoms with van der Waals surface area (Å²) in [6.07, 6.45) is 3.07. The van der Waals surface area contributed by atoms with Crippen molar-refractivity contribution in [3.8, 4) is 0 Å². The SMILES string of the molecule is CN1CC(c2cncc(F)c2N(C)C)C1. The molecule has 0 radical (unpaired) electrons. The van der Waals surface area contributed by atoms with Gasteiger partial charge in [0.05, 0.1) is 11.9 Å². The molecule has 2 heterocycles. The molecule has 0 aliphatic carbocycles. The zero-order valence-corrected chi connectivity index (χ0v) is 9.37. The first kappa shape index (κ1) is 10.4. The van der Waals surface area contributed by atoms with Crippen molar-refractivity contribution < 1.29 is 4.39 Å². The van der Waals surface area contributed by atoms with Crippen molar-refractivity contribution in [1.82, 2.24) is 9.88 Å². The van der Waals surface area contributed by atoms with Gasteiger partial charge in [-0.15, -0.1) is 0 Å². The van der Waals surface area contributed by atoms with Gasteiger partial charge in [-0.05, 0) is 7.05 Å². The molecule has 82 valence electrons. The van der Waals surface area contributed by atoms with Crippen LogP contribution in [0.2, 0.25) is 0 Å². The van der Waals surface area contributed by atoms with Crippen LogP contribution in [0.1, 0.15) is 11.5 Å². The minimum atomic E-state index is -0.230. The molecule has 0 unspecified atom stereocenters. The third-order valence-corrected chi connectivity index (χ3v) is 2.85. The molecule has 0 saturated carbocycles. The van der Waals surface area contributed by atoms with E-state index in [1.165, 1.54) is 6.20 Å². The second-order valence-corrected chi connectivity index (χ2v) is 4.37. The summed E-state index contributed by atoms with van der Waals surface area (Å²) in [6.45, 7) is 1.98. The zero-order valence-electron chi connectivity index (χ0n) is 9.37. The van der Waals surface area contributed by atoms with Crippen LogP contribution in [-0.2, 0) is 0 Å². The maximum atomic E-state index is 13.6. The molecule has 3 nitrogen and oxygen atoms in total. The predicted octanol–water partition coefficient (Wildman–Crippen LogP) is 1.32. The average molecular weight is 209 g/mol. The molecule has 0 N–H and O–H groups in total. The van der Waals surface area contributed by atoms with Gasteiger partial charge >= 0.3 is 0 Å². The summed E-state index contributed by atoms with van der Waals surface area (Å²) in [5.74, 6) is 0.197. The quantitative estimate of drug-likeness (QED) is 0.732. The highest BCUT2D eigenvalue weighted by Crippen LogP contribution is 2.33. The molecule has 4 heteroatoms. The number of halogens is 1. The van der Waals surface area contributed by atoms with E-state index in [4.69, 9.17) is 0 Å². The van der Waals surface area contributed by atoms with E-state index < -0.39 is 0 Å². The number of likely N-dealkylation sites (tertiary alicyclic amines) is 1. The first-order chi connectivity index (χ1) is 7.09. The fourth-order valence-electron chi connectivity index (χ4n) is 2.11. The van der Waals surface area contributed by atoms with E-state index in [0.717, 1.165) is 18.7 Å². The Morgan fingerprint density at radius 3 is 2.60 bits per heavy atom. The fraction of sp³-hybridized carbons (Fsp3) is 0.545. The Hall–Kier alpha value is -1.16. The summed E-state index contributed by atoms with van der Waals surface area (Å²) >= 11 is 0. The summed E-state index contributed by atoms with van der Waals surface area (Å²) < 4.78 is 13.6. The van der Waals surface area contributed by atoms with Gasteiger partial charge in [0.2, 0.25) is 0 Å². The largest absolute Gasteiger partial charge is 0.375 e. The highest BCUT2D eigenvalue weighted by atomic mass is 19.1. The Bertz CT molecular complexity index is 359. The van der Waals surface area contributed by atoms with Crippen LogP contribution in [-0.4, -0.2) is 44.1 Å². The van der Waals surface area contributed by atoms with Gasteiger partial charge in [0.1, 0.15) is 0 Å². The lowest BCUT2D eigenvalue weighted by molar-refractivity contribution is 0.189. The van der Waals surface area contributed by atoms with Gasteiger partial charge in [-0.1, -0.05) is 0 Å². The Labute approximate surface area is 89.5 Å². The van der Waals surface area contributed by atoms with Gasteiger partial charge in [-0.25, -0.2) is 4.39 Å². The molecule has 1 aromatic heterocycles. The Morgan fingerprint density at radius 2 is 2.07 bits per heavy atom. The van der Waals surface area contributed by atoms with Gasteiger partial charge < -0.3 is 9.80 Å². The van der Waals surface area contributed by atoms with Gasteiger partial charge in [0.15, 0.2) is 5.82 Å². The second kappa shape index (κ2) is 3.77. The lowest BCUT2D eigenvalue weighted by Gasteiger charge is -2.38. The highest BCUT2D eigenvalue weighted by Gasteiger charge is 2.28. The Kier molecular flexibility index (Phi) is 2.61. The summed E-state index contributed by atoms with van der Waals surface area (Å²) in [6, 6.07) is 0. The molecular weight excluding hydrogens is 193 g/mol. The second-order valence-electron chi connectivity index (χ2n) is 4.37. The van der Waals surface area contributed by atoms with Crippen molar-refractivity contribution in [2.24, 2.45) is 0 Å². The van der Waals surface area contributed by atoms with E-state index in [1.807, 2.05) is 19.0 Å². The standard InChI is InChI=1S/C11H16FN3/c1-14(2)11-9(4-13-5-10(11)12)8-6-15(3)7-8/h4-5,8H,6-7H2,1-3H3. The third-order valence-electron chi connectivity index (χ3n) is 2.85. The number of rotatable bonds is 2. The molecule has 1 fully saturated rings. The molecule has 0 spiro atoms. The number of aromatic nitrogens is 1. The number of hydrogen-bond donors (Lipinski definition) is 0. The Balaban J connectivity index is 2.34. The fourth-order valence-corrected chi connectivity index (χ4v) is 2.11. The number of hydrogen-bond acceptors (Lipinski definition) is 3. The molecule has 0 atom stereocenters. The average Bonchev–Trinajstić information content (AvgIpc) is 2.12. The van der Waals surface area contributed by atoms with Crippen LogP contribution < -0.4 is 4.90 Å². The van der Waals surface area contributed by atoms with E-state index in [1.54, 1.807) is 6.20 Å². The molecular formula is C11H16FN3. The minimum Gasteiger partial charge on any atom is -0.375 e. The lowest BCUT2D eigenvalue weighted by Crippen LogP contribution is -2.42. The van der Waals surface area contributed by atoms with Crippen molar-refractivity contribution >= 4 is 5.69 Å². The molecule has 0 aromatic carbocycles. The van der Waals surface area contributed by atoms with E-state index in [0.29, 0.717) is 11.6 Å². The van der Waals surface area contributed by atoms with Gasteiger partial charge in [-0.3, -0.25) is 4.98 Å². The summed E-state index contributed by atoms with van der Waals surface area (Å²) in [7, 11) is 5.80. The number of pyridine rings is 1. The predicted molar refractivity (Wildman–Crippen MR) is 58.8 cm³/mol. The summed E-state index contributed by atoms with van der Waals surface area (Å²) in [5.41, 5.74) is 1.71. The van der Waals surface area contributed by atoms with E-state index in [2.05, 4.69) is 16.9 Å². The molecule has 1 saturated heterocycles. The van der Waals surface area contributed by atoms with Crippen molar-refractivity contribution in [1.29, 1.82) is 0 Å². The number of nitrogens with zero attached hydrogens (tertiary/aromatic N) is 3.